The molecule has 0 radical (unpaired) electrons. The van der Waals surface area contributed by atoms with Gasteiger partial charge in [0.2, 0.25) is 0 Å². The summed E-state index contributed by atoms with van der Waals surface area (Å²) in [5, 5.41) is 10.1. The van der Waals surface area contributed by atoms with Crippen LogP contribution in [0.4, 0.5) is 17.5 Å². The van der Waals surface area contributed by atoms with Gasteiger partial charge in [-0.05, 0) is 44.4 Å². The fourth-order valence-corrected chi connectivity index (χ4v) is 5.68. The largest absolute Gasteiger partial charge is 0.383 e. The lowest BCUT2D eigenvalue weighted by atomic mass is 10.0. The van der Waals surface area contributed by atoms with Gasteiger partial charge in [0.05, 0.1) is 23.2 Å². The van der Waals surface area contributed by atoms with E-state index in [2.05, 4.69) is 38.1 Å². The van der Waals surface area contributed by atoms with Crippen molar-refractivity contribution in [2.24, 2.45) is 5.92 Å². The monoisotopic (exact) mass is 469 g/mol. The van der Waals surface area contributed by atoms with Crippen molar-refractivity contribution in [3.63, 3.8) is 0 Å². The number of nitrogens with zero attached hydrogens (tertiary/aromatic N) is 5. The molecule has 9 nitrogen and oxygen atoms in total. The van der Waals surface area contributed by atoms with Crippen molar-refractivity contribution in [2.75, 3.05) is 22.9 Å². The molecule has 4 heterocycles. The molecule has 6 rings (SSSR count). The standard InChI is InChI=1S/C26H27N7O2/c1-26(2)34-21-16(6-4-14-3-5-15-10-17(12-27)23(28)32-19(15)9-14)11-20(22(21)35-26)33-8-7-18-24(29)30-13-31-25(18)33/h3-6,9-10,13,16,20-22H,7-8,11H2,1-2H3,(H2,28,32)(H2,29,30,31)/b6-4+/t16-,20?,21+,22-/m0/s1. The van der Waals surface area contributed by atoms with E-state index in [4.69, 9.17) is 20.9 Å². The molecule has 4 N–H and O–H groups in total. The van der Waals surface area contributed by atoms with Crippen LogP contribution in [0.15, 0.2) is 36.7 Å². The molecule has 1 saturated carbocycles. The van der Waals surface area contributed by atoms with Gasteiger partial charge in [-0.3, -0.25) is 0 Å². The Bertz CT molecular complexity index is 1400. The molecule has 1 unspecified atom stereocenters. The van der Waals surface area contributed by atoms with Crippen molar-refractivity contribution in [3.8, 4) is 6.07 Å². The van der Waals surface area contributed by atoms with E-state index < -0.39 is 5.79 Å². The third kappa shape index (κ3) is 3.66. The maximum atomic E-state index is 9.20. The number of anilines is 3. The summed E-state index contributed by atoms with van der Waals surface area (Å²) in [5.41, 5.74) is 15.2. The van der Waals surface area contributed by atoms with E-state index in [0.29, 0.717) is 11.4 Å². The van der Waals surface area contributed by atoms with E-state index in [1.54, 1.807) is 6.07 Å². The summed E-state index contributed by atoms with van der Waals surface area (Å²) in [7, 11) is 0. The normalized spacial score (nSPS) is 26.8. The number of nitrogen functional groups attached to an aromatic ring is 2. The molecule has 0 bridgehead atoms. The number of fused-ring (bicyclic) bond motifs is 3. The zero-order valence-corrected chi connectivity index (χ0v) is 19.7. The van der Waals surface area contributed by atoms with E-state index in [-0.39, 0.29) is 30.0 Å². The van der Waals surface area contributed by atoms with Gasteiger partial charge in [-0.15, -0.1) is 0 Å². The molecule has 9 heteroatoms. The van der Waals surface area contributed by atoms with E-state index in [1.165, 1.54) is 6.33 Å². The summed E-state index contributed by atoms with van der Waals surface area (Å²) in [6, 6.07) is 9.96. The van der Waals surface area contributed by atoms with E-state index in [0.717, 1.165) is 47.2 Å². The molecule has 2 aliphatic heterocycles. The predicted octanol–water partition coefficient (Wildman–Crippen LogP) is 3.05. The lowest BCUT2D eigenvalue weighted by Gasteiger charge is -2.31. The molecule has 178 valence electrons. The molecule has 0 spiro atoms. The van der Waals surface area contributed by atoms with E-state index in [1.807, 2.05) is 32.0 Å². The van der Waals surface area contributed by atoms with Crippen LogP contribution in [0.1, 0.15) is 37.0 Å². The van der Waals surface area contributed by atoms with Gasteiger partial charge in [-0.25, -0.2) is 15.0 Å². The zero-order chi connectivity index (χ0) is 24.3. The summed E-state index contributed by atoms with van der Waals surface area (Å²) < 4.78 is 12.8. The molecule has 0 amide bonds. The lowest BCUT2D eigenvalue weighted by Crippen LogP contribution is -2.43. The molecule has 4 atom stereocenters. The van der Waals surface area contributed by atoms with Gasteiger partial charge in [0.25, 0.3) is 0 Å². The number of hydrogen-bond donors (Lipinski definition) is 2. The molecular weight excluding hydrogens is 442 g/mol. The molecule has 1 saturated heterocycles. The van der Waals surface area contributed by atoms with Crippen molar-refractivity contribution in [1.29, 1.82) is 5.26 Å². The van der Waals surface area contributed by atoms with Crippen molar-refractivity contribution in [2.45, 2.75) is 50.7 Å². The van der Waals surface area contributed by atoms with E-state index >= 15 is 0 Å². The summed E-state index contributed by atoms with van der Waals surface area (Å²) >= 11 is 0. The molecule has 3 aromatic rings. The molecule has 35 heavy (non-hydrogen) atoms. The number of benzene rings is 1. The Morgan fingerprint density at radius 2 is 1.97 bits per heavy atom. The fraction of sp³-hybridized carbons (Fsp3) is 0.385. The quantitative estimate of drug-likeness (QED) is 0.593. The summed E-state index contributed by atoms with van der Waals surface area (Å²) in [4.78, 5) is 15.4. The first-order valence-corrected chi connectivity index (χ1v) is 11.8. The molecule has 1 aliphatic carbocycles. The van der Waals surface area contributed by atoms with Gasteiger partial charge >= 0.3 is 0 Å². The molecule has 2 aromatic heterocycles. The van der Waals surface area contributed by atoms with Gasteiger partial charge in [-0.1, -0.05) is 24.3 Å². The van der Waals surface area contributed by atoms with Gasteiger partial charge in [0.1, 0.15) is 36.0 Å². The van der Waals surface area contributed by atoms with Crippen LogP contribution in [0.25, 0.3) is 17.0 Å². The van der Waals surface area contributed by atoms with Crippen molar-refractivity contribution >= 4 is 34.4 Å². The average molecular weight is 470 g/mol. The Kier molecular flexibility index (Phi) is 4.91. The second kappa shape index (κ2) is 7.90. The van der Waals surface area contributed by atoms with Crippen molar-refractivity contribution in [3.05, 3.63) is 53.4 Å². The number of aromatic nitrogens is 3. The maximum Gasteiger partial charge on any atom is 0.163 e. The number of nitrogens with two attached hydrogens (primary N) is 2. The van der Waals surface area contributed by atoms with Gasteiger partial charge in [0, 0.05) is 23.4 Å². The average Bonchev–Trinajstić information content (AvgIpc) is 3.48. The predicted molar refractivity (Wildman–Crippen MR) is 133 cm³/mol. The second-order valence-electron chi connectivity index (χ2n) is 9.88. The molecule has 3 aliphatic rings. The topological polar surface area (TPSA) is 136 Å². The summed E-state index contributed by atoms with van der Waals surface area (Å²) in [6.07, 6.45) is 7.45. The molecule has 2 fully saturated rings. The van der Waals surface area contributed by atoms with Crippen LogP contribution in [0.3, 0.4) is 0 Å². The van der Waals surface area contributed by atoms with Crippen LogP contribution in [-0.4, -0.2) is 45.5 Å². The highest BCUT2D eigenvalue weighted by molar-refractivity contribution is 5.84. The van der Waals surface area contributed by atoms with Crippen LogP contribution in [-0.2, 0) is 15.9 Å². The Morgan fingerprint density at radius 3 is 2.80 bits per heavy atom. The minimum atomic E-state index is -0.643. The van der Waals surface area contributed by atoms with Gasteiger partial charge < -0.3 is 25.8 Å². The second-order valence-corrected chi connectivity index (χ2v) is 9.88. The first kappa shape index (κ1) is 21.8. The lowest BCUT2D eigenvalue weighted by molar-refractivity contribution is -0.155. The van der Waals surface area contributed by atoms with Gasteiger partial charge in [-0.2, -0.15) is 5.26 Å². The third-order valence-electron chi connectivity index (χ3n) is 7.24. The highest BCUT2D eigenvalue weighted by Gasteiger charge is 2.55. The molecular formula is C26H27N7O2. The summed E-state index contributed by atoms with van der Waals surface area (Å²) in [6.45, 7) is 4.78. The SMILES string of the molecule is CC1(C)O[C@@H]2[C@@H](/C=C/c3ccc4cc(C#N)c(N)nc4c3)CC(N3CCc4c(N)ncnc43)[C@@H]2O1. The Hall–Kier alpha value is -3.74. The van der Waals surface area contributed by atoms with Crippen LogP contribution in [0.5, 0.6) is 0 Å². The Balaban J connectivity index is 1.29. The smallest absolute Gasteiger partial charge is 0.163 e. The highest BCUT2D eigenvalue weighted by atomic mass is 16.8. The summed E-state index contributed by atoms with van der Waals surface area (Å²) in [5.74, 6) is 1.24. The fourth-order valence-electron chi connectivity index (χ4n) is 5.68. The Morgan fingerprint density at radius 1 is 1.14 bits per heavy atom. The minimum absolute atomic E-state index is 0.0538. The number of hydrogen-bond acceptors (Lipinski definition) is 9. The third-order valence-corrected chi connectivity index (χ3v) is 7.24. The number of ether oxygens (including phenoxy) is 2. The first-order valence-electron chi connectivity index (χ1n) is 11.8. The van der Waals surface area contributed by atoms with E-state index in [9.17, 15) is 5.26 Å². The van der Waals surface area contributed by atoms with Crippen LogP contribution >= 0.6 is 0 Å². The van der Waals surface area contributed by atoms with Crippen LogP contribution < -0.4 is 16.4 Å². The Labute approximate surface area is 203 Å². The minimum Gasteiger partial charge on any atom is -0.383 e. The number of nitriles is 1. The molecule has 1 aromatic carbocycles. The van der Waals surface area contributed by atoms with Crippen molar-refractivity contribution < 1.29 is 9.47 Å². The first-order chi connectivity index (χ1) is 16.8. The maximum absolute atomic E-state index is 9.20. The highest BCUT2D eigenvalue weighted by Crippen LogP contribution is 2.46. The van der Waals surface area contributed by atoms with Crippen LogP contribution in [0, 0.1) is 17.2 Å². The van der Waals surface area contributed by atoms with Crippen molar-refractivity contribution in [1.82, 2.24) is 15.0 Å². The number of pyridine rings is 1. The number of rotatable bonds is 3. The van der Waals surface area contributed by atoms with Crippen LogP contribution in [0.2, 0.25) is 0 Å². The zero-order valence-electron chi connectivity index (χ0n) is 19.7. The van der Waals surface area contributed by atoms with Gasteiger partial charge in [0.15, 0.2) is 5.79 Å².